The standard InChI is InChI=1S/C11H18F2O2/c12-11(13,10(14)15)9-7-5-3-1-2-4-6-8-9/h9H,1-8H2,(H,14,15). The van der Waals surface area contributed by atoms with E-state index < -0.39 is 17.8 Å². The van der Waals surface area contributed by atoms with Gasteiger partial charge in [-0.05, 0) is 12.8 Å². The number of carboxylic acid groups (broad SMARTS) is 1. The summed E-state index contributed by atoms with van der Waals surface area (Å²) < 4.78 is 26.6. The molecule has 2 nitrogen and oxygen atoms in total. The van der Waals surface area contributed by atoms with E-state index in [1.807, 2.05) is 0 Å². The van der Waals surface area contributed by atoms with Crippen molar-refractivity contribution >= 4 is 5.97 Å². The highest BCUT2D eigenvalue weighted by molar-refractivity contribution is 5.75. The lowest BCUT2D eigenvalue weighted by Crippen LogP contribution is -2.37. The van der Waals surface area contributed by atoms with Gasteiger partial charge in [0.25, 0.3) is 0 Å². The van der Waals surface area contributed by atoms with Gasteiger partial charge in [-0.2, -0.15) is 8.78 Å². The molecule has 0 amide bonds. The Hall–Kier alpha value is -0.670. The van der Waals surface area contributed by atoms with E-state index in [4.69, 9.17) is 5.11 Å². The number of rotatable bonds is 2. The molecule has 1 aliphatic rings. The Morgan fingerprint density at radius 2 is 1.40 bits per heavy atom. The first-order valence-electron chi connectivity index (χ1n) is 5.66. The third-order valence-electron chi connectivity index (χ3n) is 3.15. The molecule has 88 valence electrons. The second-order valence-corrected chi connectivity index (χ2v) is 4.32. The van der Waals surface area contributed by atoms with Crippen LogP contribution in [0.15, 0.2) is 0 Å². The van der Waals surface area contributed by atoms with E-state index in [9.17, 15) is 13.6 Å². The van der Waals surface area contributed by atoms with Gasteiger partial charge in [0.05, 0.1) is 0 Å². The summed E-state index contributed by atoms with van der Waals surface area (Å²) in [5.41, 5.74) is 0. The zero-order valence-electron chi connectivity index (χ0n) is 8.85. The van der Waals surface area contributed by atoms with Crippen LogP contribution in [0.1, 0.15) is 51.4 Å². The zero-order valence-corrected chi connectivity index (χ0v) is 8.85. The molecular formula is C11H18F2O2. The molecule has 0 aromatic rings. The average Bonchev–Trinajstić information content (AvgIpc) is 2.30. The molecule has 15 heavy (non-hydrogen) atoms. The van der Waals surface area contributed by atoms with Gasteiger partial charge in [0.2, 0.25) is 0 Å². The number of hydrogen-bond acceptors (Lipinski definition) is 1. The van der Waals surface area contributed by atoms with Gasteiger partial charge >= 0.3 is 11.9 Å². The molecule has 0 spiro atoms. The molecule has 4 heteroatoms. The van der Waals surface area contributed by atoms with Gasteiger partial charge in [-0.15, -0.1) is 0 Å². The molecule has 0 unspecified atom stereocenters. The van der Waals surface area contributed by atoms with E-state index in [0.717, 1.165) is 38.5 Å². The molecule has 0 atom stereocenters. The van der Waals surface area contributed by atoms with Crippen LogP contribution in [0.4, 0.5) is 8.78 Å². The lowest BCUT2D eigenvalue weighted by atomic mass is 9.90. The van der Waals surface area contributed by atoms with Crippen LogP contribution in [-0.4, -0.2) is 17.0 Å². The van der Waals surface area contributed by atoms with Gasteiger partial charge in [-0.25, -0.2) is 4.79 Å². The van der Waals surface area contributed by atoms with Gasteiger partial charge in [-0.3, -0.25) is 0 Å². The number of aliphatic carboxylic acids is 1. The van der Waals surface area contributed by atoms with E-state index in [-0.39, 0.29) is 0 Å². The Labute approximate surface area is 88.7 Å². The summed E-state index contributed by atoms with van der Waals surface area (Å²) in [4.78, 5) is 10.5. The van der Waals surface area contributed by atoms with Gasteiger partial charge in [0, 0.05) is 5.92 Å². The monoisotopic (exact) mass is 220 g/mol. The molecule has 1 fully saturated rings. The smallest absolute Gasteiger partial charge is 0.374 e. The highest BCUT2D eigenvalue weighted by atomic mass is 19.3. The molecule has 0 aromatic heterocycles. The predicted octanol–water partition coefficient (Wildman–Crippen LogP) is 3.46. The molecule has 1 saturated carbocycles. The SMILES string of the molecule is O=C(O)C(F)(F)C1CCCCCCCC1. The molecule has 0 bridgehead atoms. The lowest BCUT2D eigenvalue weighted by Gasteiger charge is -2.22. The normalized spacial score (nSPS) is 21.5. The number of alkyl halides is 2. The van der Waals surface area contributed by atoms with Crippen molar-refractivity contribution in [2.24, 2.45) is 5.92 Å². The van der Waals surface area contributed by atoms with Crippen molar-refractivity contribution < 1.29 is 18.7 Å². The Kier molecular flexibility index (Phi) is 4.48. The first-order chi connectivity index (χ1) is 7.05. The third-order valence-corrected chi connectivity index (χ3v) is 3.15. The van der Waals surface area contributed by atoms with E-state index >= 15 is 0 Å². The number of carbonyl (C=O) groups is 1. The summed E-state index contributed by atoms with van der Waals surface area (Å²) >= 11 is 0. The summed E-state index contributed by atoms with van der Waals surface area (Å²) in [7, 11) is 0. The Bertz CT molecular complexity index is 207. The van der Waals surface area contributed by atoms with Crippen LogP contribution in [0, 0.1) is 5.92 Å². The highest BCUT2D eigenvalue weighted by Gasteiger charge is 2.46. The second kappa shape index (κ2) is 5.42. The zero-order chi connectivity index (χ0) is 11.3. The van der Waals surface area contributed by atoms with Crippen LogP contribution >= 0.6 is 0 Å². The van der Waals surface area contributed by atoms with Crippen molar-refractivity contribution in [1.82, 2.24) is 0 Å². The fraction of sp³-hybridized carbons (Fsp3) is 0.909. The van der Waals surface area contributed by atoms with Crippen molar-refractivity contribution in [3.05, 3.63) is 0 Å². The second-order valence-electron chi connectivity index (χ2n) is 4.32. The number of carboxylic acids is 1. The fourth-order valence-electron chi connectivity index (χ4n) is 2.17. The van der Waals surface area contributed by atoms with E-state index in [0.29, 0.717) is 12.8 Å². The van der Waals surface area contributed by atoms with Crippen molar-refractivity contribution in [3.8, 4) is 0 Å². The van der Waals surface area contributed by atoms with Crippen LogP contribution in [0.25, 0.3) is 0 Å². The van der Waals surface area contributed by atoms with Crippen LogP contribution < -0.4 is 0 Å². The Morgan fingerprint density at radius 1 is 1.00 bits per heavy atom. The van der Waals surface area contributed by atoms with Crippen molar-refractivity contribution in [1.29, 1.82) is 0 Å². The minimum atomic E-state index is -3.54. The summed E-state index contributed by atoms with van der Waals surface area (Å²) in [6.45, 7) is 0. The van der Waals surface area contributed by atoms with Crippen LogP contribution in [-0.2, 0) is 4.79 Å². The predicted molar refractivity (Wildman–Crippen MR) is 53.0 cm³/mol. The van der Waals surface area contributed by atoms with Crippen LogP contribution in [0.5, 0.6) is 0 Å². The minimum absolute atomic E-state index is 0.347. The molecule has 0 heterocycles. The van der Waals surface area contributed by atoms with E-state index in [1.54, 1.807) is 0 Å². The van der Waals surface area contributed by atoms with Crippen LogP contribution in [0.2, 0.25) is 0 Å². The van der Waals surface area contributed by atoms with Gasteiger partial charge < -0.3 is 5.11 Å². The largest absolute Gasteiger partial charge is 0.477 e. The molecule has 0 aromatic carbocycles. The average molecular weight is 220 g/mol. The molecule has 0 saturated heterocycles. The molecule has 0 aliphatic heterocycles. The number of halogens is 2. The lowest BCUT2D eigenvalue weighted by molar-refractivity contribution is -0.174. The van der Waals surface area contributed by atoms with E-state index in [1.165, 1.54) is 0 Å². The maximum atomic E-state index is 13.3. The molecular weight excluding hydrogens is 202 g/mol. The summed E-state index contributed by atoms with van der Waals surface area (Å²) in [5.74, 6) is -6.47. The van der Waals surface area contributed by atoms with Crippen molar-refractivity contribution in [2.45, 2.75) is 57.3 Å². The maximum Gasteiger partial charge on any atom is 0.374 e. The quantitative estimate of drug-likeness (QED) is 0.773. The Morgan fingerprint density at radius 3 is 1.80 bits per heavy atom. The summed E-state index contributed by atoms with van der Waals surface area (Å²) in [5, 5.41) is 8.48. The van der Waals surface area contributed by atoms with Crippen LogP contribution in [0.3, 0.4) is 0 Å². The molecule has 0 radical (unpaired) electrons. The third kappa shape index (κ3) is 3.43. The van der Waals surface area contributed by atoms with Gasteiger partial charge in [-0.1, -0.05) is 38.5 Å². The van der Waals surface area contributed by atoms with E-state index in [2.05, 4.69) is 0 Å². The van der Waals surface area contributed by atoms with Crippen molar-refractivity contribution in [2.75, 3.05) is 0 Å². The first-order valence-corrected chi connectivity index (χ1v) is 5.66. The first kappa shape index (κ1) is 12.4. The highest BCUT2D eigenvalue weighted by Crippen LogP contribution is 2.34. The molecule has 1 N–H and O–H groups in total. The van der Waals surface area contributed by atoms with Crippen molar-refractivity contribution in [3.63, 3.8) is 0 Å². The minimum Gasteiger partial charge on any atom is -0.477 e. The fourth-order valence-corrected chi connectivity index (χ4v) is 2.17. The maximum absolute atomic E-state index is 13.3. The Balaban J connectivity index is 2.59. The molecule has 1 aliphatic carbocycles. The van der Waals surface area contributed by atoms with Gasteiger partial charge in [0.15, 0.2) is 0 Å². The summed E-state index contributed by atoms with van der Waals surface area (Å²) in [6, 6.07) is 0. The number of hydrogen-bond donors (Lipinski definition) is 1. The summed E-state index contributed by atoms with van der Waals surface area (Å²) in [6.07, 6.45) is 6.23. The molecule has 1 rings (SSSR count). The topological polar surface area (TPSA) is 37.3 Å². The van der Waals surface area contributed by atoms with Gasteiger partial charge in [0.1, 0.15) is 0 Å².